The molecule has 0 amide bonds. The number of allylic oxidation sites excluding steroid dienone is 1. The number of furan rings is 1. The fraction of sp³-hybridized carbons (Fsp3) is 0.226. The van der Waals surface area contributed by atoms with Gasteiger partial charge in [0.15, 0.2) is 16.3 Å². The van der Waals surface area contributed by atoms with E-state index >= 15 is 0 Å². The molecular weight excluding hydrogens is 640 g/mol. The highest BCUT2D eigenvalue weighted by Crippen LogP contribution is 2.40. The first-order valence-electron chi connectivity index (χ1n) is 13.1. The fourth-order valence-electron chi connectivity index (χ4n) is 4.86. The average molecular weight is 668 g/mol. The topological polar surface area (TPSA) is 119 Å². The second-order valence-corrected chi connectivity index (χ2v) is 11.1. The Morgan fingerprint density at radius 3 is 2.49 bits per heavy atom. The lowest BCUT2D eigenvalue weighted by atomic mass is 9.95. The summed E-state index contributed by atoms with van der Waals surface area (Å²) in [6.45, 7) is 3.58. The number of hydrogen-bond acceptors (Lipinski definition) is 10. The lowest BCUT2D eigenvalue weighted by molar-refractivity contribution is -0.139. The summed E-state index contributed by atoms with van der Waals surface area (Å²) < 4.78 is 29.7. The van der Waals surface area contributed by atoms with Gasteiger partial charge in [0, 0.05) is 16.1 Å². The van der Waals surface area contributed by atoms with E-state index in [2.05, 4.69) is 20.9 Å². The number of hydrogen-bond donors (Lipinski definition) is 0. The van der Waals surface area contributed by atoms with Crippen molar-refractivity contribution in [2.75, 3.05) is 27.9 Å². The largest absolute Gasteiger partial charge is 0.493 e. The number of halogens is 1. The molecule has 0 aliphatic carbocycles. The second-order valence-electron chi connectivity index (χ2n) is 9.27. The van der Waals surface area contributed by atoms with E-state index in [0.717, 1.165) is 11.3 Å². The van der Waals surface area contributed by atoms with Crippen LogP contribution in [-0.2, 0) is 14.3 Å². The van der Waals surface area contributed by atoms with Gasteiger partial charge in [-0.15, -0.1) is 0 Å². The fourth-order valence-corrected chi connectivity index (χ4v) is 6.42. The number of benzene rings is 2. The molecule has 0 saturated heterocycles. The normalized spacial score (nSPS) is 14.7. The molecule has 0 radical (unpaired) electrons. The first kappa shape index (κ1) is 30.1. The summed E-state index contributed by atoms with van der Waals surface area (Å²) in [6, 6.07) is 12.9. The minimum Gasteiger partial charge on any atom is -0.493 e. The highest BCUT2D eigenvalue weighted by molar-refractivity contribution is 9.10. The summed E-state index contributed by atoms with van der Waals surface area (Å²) in [5.74, 6) is 0.667. The summed E-state index contributed by atoms with van der Waals surface area (Å²) in [5.41, 5.74) is 1.78. The number of methoxy groups -OCH3 is 3. The monoisotopic (exact) mass is 666 g/mol. The number of carbonyl (C=O) groups is 2. The van der Waals surface area contributed by atoms with Crippen LogP contribution in [0.3, 0.4) is 0 Å². The number of thiazole rings is 1. The number of ether oxygens (including phenoxy) is 4. The van der Waals surface area contributed by atoms with Crippen LogP contribution in [-0.4, -0.2) is 44.4 Å². The standard InChI is InChI=1S/C31H27BrN2O8S/c1-6-41-30(37)26-16(2)33-31-34(27(26)20-14-23(38-3)24(39-4)15-21(20)32)28(35)25(43-31)13-17-11-12-22(42-17)18-9-7-8-10-19(18)29(36)40-5/h7-15,27H,6H2,1-5H3/b25-13+/t27-/m1/s1. The maximum absolute atomic E-state index is 14.0. The predicted molar refractivity (Wildman–Crippen MR) is 163 cm³/mol. The van der Waals surface area contributed by atoms with E-state index in [1.165, 1.54) is 25.9 Å². The number of esters is 2. The van der Waals surface area contributed by atoms with E-state index in [4.69, 9.17) is 23.4 Å². The van der Waals surface area contributed by atoms with Crippen molar-refractivity contribution in [1.82, 2.24) is 4.57 Å². The van der Waals surface area contributed by atoms with E-state index in [1.54, 1.807) is 68.5 Å². The molecule has 2 aromatic carbocycles. The predicted octanol–water partition coefficient (Wildman–Crippen LogP) is 4.62. The van der Waals surface area contributed by atoms with Crippen LogP contribution < -0.4 is 24.4 Å². The molecule has 5 rings (SSSR count). The third-order valence-electron chi connectivity index (χ3n) is 6.81. The molecule has 3 heterocycles. The van der Waals surface area contributed by atoms with Gasteiger partial charge >= 0.3 is 11.9 Å². The van der Waals surface area contributed by atoms with Crippen molar-refractivity contribution in [1.29, 1.82) is 0 Å². The Bertz CT molecular complexity index is 1950. The van der Waals surface area contributed by atoms with Crippen molar-refractivity contribution in [3.63, 3.8) is 0 Å². The van der Waals surface area contributed by atoms with Gasteiger partial charge in [-0.1, -0.05) is 45.5 Å². The third kappa shape index (κ3) is 5.55. The van der Waals surface area contributed by atoms with E-state index in [0.29, 0.717) is 59.2 Å². The van der Waals surface area contributed by atoms with Gasteiger partial charge < -0.3 is 23.4 Å². The third-order valence-corrected chi connectivity index (χ3v) is 8.48. The van der Waals surface area contributed by atoms with Crippen LogP contribution in [0.15, 0.2) is 78.5 Å². The summed E-state index contributed by atoms with van der Waals surface area (Å²) in [5, 5.41) is 0. The van der Waals surface area contributed by atoms with Crippen LogP contribution in [0.2, 0.25) is 0 Å². The van der Waals surface area contributed by atoms with E-state index < -0.39 is 18.0 Å². The van der Waals surface area contributed by atoms with Crippen LogP contribution in [0.5, 0.6) is 11.5 Å². The van der Waals surface area contributed by atoms with E-state index in [1.807, 2.05) is 0 Å². The molecule has 0 fully saturated rings. The molecule has 222 valence electrons. The lowest BCUT2D eigenvalue weighted by Crippen LogP contribution is -2.40. The molecule has 0 unspecified atom stereocenters. The molecule has 0 spiro atoms. The summed E-state index contributed by atoms with van der Waals surface area (Å²) in [6.07, 6.45) is 1.61. The zero-order valence-electron chi connectivity index (χ0n) is 23.9. The first-order valence-corrected chi connectivity index (χ1v) is 14.7. The molecule has 1 atom stereocenters. The molecule has 0 saturated carbocycles. The van der Waals surface area contributed by atoms with Gasteiger partial charge in [-0.2, -0.15) is 0 Å². The number of carbonyl (C=O) groups excluding carboxylic acids is 2. The Morgan fingerprint density at radius 1 is 1.07 bits per heavy atom. The smallest absolute Gasteiger partial charge is 0.338 e. The molecule has 1 aliphatic rings. The Morgan fingerprint density at radius 2 is 1.79 bits per heavy atom. The number of nitrogens with zero attached hydrogens (tertiary/aromatic N) is 2. The average Bonchev–Trinajstić information content (AvgIpc) is 3.59. The number of aromatic nitrogens is 1. The van der Waals surface area contributed by atoms with Crippen molar-refractivity contribution in [2.24, 2.45) is 4.99 Å². The summed E-state index contributed by atoms with van der Waals surface area (Å²) >= 11 is 4.76. The summed E-state index contributed by atoms with van der Waals surface area (Å²) in [4.78, 5) is 44.6. The molecule has 0 bridgehead atoms. The highest BCUT2D eigenvalue weighted by Gasteiger charge is 2.35. The highest BCUT2D eigenvalue weighted by atomic mass is 79.9. The Labute approximate surface area is 258 Å². The maximum Gasteiger partial charge on any atom is 0.338 e. The van der Waals surface area contributed by atoms with Gasteiger partial charge in [-0.3, -0.25) is 9.36 Å². The van der Waals surface area contributed by atoms with Crippen molar-refractivity contribution in [3.8, 4) is 22.8 Å². The van der Waals surface area contributed by atoms with Gasteiger partial charge in [0.2, 0.25) is 0 Å². The molecule has 0 N–H and O–H groups in total. The van der Waals surface area contributed by atoms with E-state index in [9.17, 15) is 14.4 Å². The SMILES string of the molecule is CCOC(=O)C1=C(C)N=c2s/c(=C/c3ccc(-c4ccccc4C(=O)OC)o3)c(=O)n2[C@@H]1c1cc(OC)c(OC)cc1Br. The van der Waals surface area contributed by atoms with Crippen molar-refractivity contribution in [2.45, 2.75) is 19.9 Å². The molecule has 12 heteroatoms. The van der Waals surface area contributed by atoms with Crippen molar-refractivity contribution >= 4 is 45.3 Å². The number of rotatable bonds is 8. The van der Waals surface area contributed by atoms with E-state index in [-0.39, 0.29) is 17.7 Å². The van der Waals surface area contributed by atoms with Gasteiger partial charge in [0.25, 0.3) is 5.56 Å². The molecule has 2 aromatic heterocycles. The van der Waals surface area contributed by atoms with Gasteiger partial charge in [-0.25, -0.2) is 14.6 Å². The van der Waals surface area contributed by atoms with Crippen molar-refractivity contribution < 1.29 is 33.0 Å². The zero-order chi connectivity index (χ0) is 30.8. The van der Waals surface area contributed by atoms with Gasteiger partial charge in [0.05, 0.1) is 55.3 Å². The summed E-state index contributed by atoms with van der Waals surface area (Å²) in [7, 11) is 4.35. The van der Waals surface area contributed by atoms with Crippen LogP contribution >= 0.6 is 27.3 Å². The maximum atomic E-state index is 14.0. The first-order chi connectivity index (χ1) is 20.7. The van der Waals surface area contributed by atoms with Gasteiger partial charge in [0.1, 0.15) is 11.5 Å². The molecule has 4 aromatic rings. The van der Waals surface area contributed by atoms with Gasteiger partial charge in [-0.05, 0) is 49.7 Å². The van der Waals surface area contributed by atoms with Crippen LogP contribution in [0.4, 0.5) is 0 Å². The molecule has 10 nitrogen and oxygen atoms in total. The molecular formula is C31H27BrN2O8S. The molecule has 1 aliphatic heterocycles. The quantitative estimate of drug-likeness (QED) is 0.250. The van der Waals surface area contributed by atoms with Crippen LogP contribution in [0.1, 0.15) is 41.6 Å². The van der Waals surface area contributed by atoms with Crippen LogP contribution in [0, 0.1) is 0 Å². The Kier molecular flexibility index (Phi) is 8.69. The minimum atomic E-state index is -0.870. The second kappa shape index (κ2) is 12.4. The molecule has 43 heavy (non-hydrogen) atoms. The van der Waals surface area contributed by atoms with Crippen molar-refractivity contribution in [3.05, 3.63) is 101 Å². The lowest BCUT2D eigenvalue weighted by Gasteiger charge is -2.26. The Balaban J connectivity index is 1.67. The minimum absolute atomic E-state index is 0.153. The van der Waals surface area contributed by atoms with Crippen LogP contribution in [0.25, 0.3) is 17.4 Å². The Hall–Kier alpha value is -4.42. The number of fused-ring (bicyclic) bond motifs is 1. The zero-order valence-corrected chi connectivity index (χ0v) is 26.3.